The zero-order chi connectivity index (χ0) is 19.3. The van der Waals surface area contributed by atoms with Gasteiger partial charge in [0.15, 0.2) is 5.82 Å². The van der Waals surface area contributed by atoms with Crippen molar-refractivity contribution in [1.82, 2.24) is 24.6 Å². The Morgan fingerprint density at radius 2 is 2.25 bits per heavy atom. The summed E-state index contributed by atoms with van der Waals surface area (Å²) in [4.78, 5) is 22.7. The molecule has 0 radical (unpaired) electrons. The van der Waals surface area contributed by atoms with E-state index in [1.165, 1.54) is 20.0 Å². The van der Waals surface area contributed by atoms with Gasteiger partial charge in [0, 0.05) is 30.3 Å². The van der Waals surface area contributed by atoms with Crippen LogP contribution >= 0.6 is 0 Å². The number of esters is 1. The van der Waals surface area contributed by atoms with Crippen molar-refractivity contribution in [2.45, 2.75) is 37.4 Å². The van der Waals surface area contributed by atoms with Crippen LogP contribution in [0.4, 0.5) is 22.1 Å². The standard InChI is InChI=1S/C18H20FN7O2/c1-28-16(27)13-7-11(19)9-26(13)18-21-15-3-2-6-25(15)17(22-18)20-14-8-12(23-24-14)10-4-5-10/h2-3,6,8,10-11,13H,4-5,7,9H2,1H3,(H2,20,21,22,23,24). The molecule has 10 heteroatoms. The lowest BCUT2D eigenvalue weighted by Gasteiger charge is -2.22. The van der Waals surface area contributed by atoms with Crippen molar-refractivity contribution in [3.63, 3.8) is 0 Å². The fourth-order valence-corrected chi connectivity index (χ4v) is 3.62. The molecular formula is C18H20FN7O2. The average molecular weight is 385 g/mol. The molecule has 4 heterocycles. The summed E-state index contributed by atoms with van der Waals surface area (Å²) in [6, 6.07) is 4.91. The van der Waals surface area contributed by atoms with Crippen LogP contribution < -0.4 is 10.2 Å². The molecule has 28 heavy (non-hydrogen) atoms. The predicted molar refractivity (Wildman–Crippen MR) is 99.5 cm³/mol. The Kier molecular flexibility index (Phi) is 3.92. The molecule has 2 fully saturated rings. The van der Waals surface area contributed by atoms with Crippen LogP contribution in [-0.2, 0) is 9.53 Å². The molecule has 3 aromatic rings. The number of hydrogen-bond donors (Lipinski definition) is 2. The average Bonchev–Trinajstić information content (AvgIpc) is 3.07. The van der Waals surface area contributed by atoms with E-state index in [4.69, 9.17) is 4.74 Å². The van der Waals surface area contributed by atoms with E-state index in [1.807, 2.05) is 24.4 Å². The highest BCUT2D eigenvalue weighted by atomic mass is 19.1. The number of aromatic nitrogens is 5. The summed E-state index contributed by atoms with van der Waals surface area (Å²) in [5.41, 5.74) is 1.74. The van der Waals surface area contributed by atoms with E-state index in [0.29, 0.717) is 23.3 Å². The largest absolute Gasteiger partial charge is 0.467 e. The molecule has 1 aliphatic carbocycles. The lowest BCUT2D eigenvalue weighted by Crippen LogP contribution is -2.38. The molecule has 0 bridgehead atoms. The van der Waals surface area contributed by atoms with Crippen LogP contribution in [-0.4, -0.2) is 56.4 Å². The number of H-pyrrole nitrogens is 1. The smallest absolute Gasteiger partial charge is 0.328 e. The summed E-state index contributed by atoms with van der Waals surface area (Å²) >= 11 is 0. The summed E-state index contributed by atoms with van der Waals surface area (Å²) < 4.78 is 20.7. The SMILES string of the molecule is COC(=O)C1CC(F)CN1c1nc(Nc2cc(C3CC3)[nH]n2)n2cccc2n1. The molecule has 2 N–H and O–H groups in total. The number of hydrogen-bond acceptors (Lipinski definition) is 7. The molecule has 1 aliphatic heterocycles. The molecule has 5 rings (SSSR count). The number of fused-ring (bicyclic) bond motifs is 1. The number of anilines is 3. The molecule has 146 valence electrons. The third-order valence-corrected chi connectivity index (χ3v) is 5.21. The molecule has 2 aliphatic rings. The minimum atomic E-state index is -1.14. The van der Waals surface area contributed by atoms with Crippen LogP contribution in [0.25, 0.3) is 5.65 Å². The maximum atomic E-state index is 14.1. The molecule has 2 atom stereocenters. The maximum absolute atomic E-state index is 14.1. The first kappa shape index (κ1) is 17.0. The summed E-state index contributed by atoms with van der Waals surface area (Å²) in [6.45, 7) is 0.0460. The fourth-order valence-electron chi connectivity index (χ4n) is 3.62. The molecular weight excluding hydrogens is 365 g/mol. The van der Waals surface area contributed by atoms with Gasteiger partial charge in [-0.25, -0.2) is 9.18 Å². The summed E-state index contributed by atoms with van der Waals surface area (Å²) in [5, 5.41) is 10.6. The van der Waals surface area contributed by atoms with E-state index in [-0.39, 0.29) is 18.9 Å². The van der Waals surface area contributed by atoms with E-state index in [0.717, 1.165) is 5.69 Å². The minimum Gasteiger partial charge on any atom is -0.467 e. The van der Waals surface area contributed by atoms with Crippen molar-refractivity contribution in [2.75, 3.05) is 23.9 Å². The first-order valence-electron chi connectivity index (χ1n) is 9.28. The van der Waals surface area contributed by atoms with Crippen molar-refractivity contribution in [2.24, 2.45) is 0 Å². The second-order valence-corrected chi connectivity index (χ2v) is 7.22. The summed E-state index contributed by atoms with van der Waals surface area (Å²) in [7, 11) is 1.30. The highest BCUT2D eigenvalue weighted by Gasteiger charge is 2.39. The van der Waals surface area contributed by atoms with Gasteiger partial charge in [-0.2, -0.15) is 15.1 Å². The molecule has 0 spiro atoms. The van der Waals surface area contributed by atoms with Crippen molar-refractivity contribution in [3.8, 4) is 0 Å². The van der Waals surface area contributed by atoms with Crippen LogP contribution in [0, 0.1) is 0 Å². The Bertz CT molecular complexity index is 1030. The van der Waals surface area contributed by atoms with Gasteiger partial charge < -0.3 is 15.0 Å². The predicted octanol–water partition coefficient (Wildman–Crippen LogP) is 2.16. The lowest BCUT2D eigenvalue weighted by molar-refractivity contribution is -0.142. The van der Waals surface area contributed by atoms with Gasteiger partial charge in [-0.3, -0.25) is 9.50 Å². The monoisotopic (exact) mass is 385 g/mol. The number of methoxy groups -OCH3 is 1. The van der Waals surface area contributed by atoms with Crippen LogP contribution in [0.15, 0.2) is 24.4 Å². The highest BCUT2D eigenvalue weighted by molar-refractivity contribution is 5.80. The fraction of sp³-hybridized carbons (Fsp3) is 0.444. The molecule has 0 amide bonds. The quantitative estimate of drug-likeness (QED) is 0.649. The third-order valence-electron chi connectivity index (χ3n) is 5.21. The molecule has 9 nitrogen and oxygen atoms in total. The Morgan fingerprint density at radius 3 is 3.04 bits per heavy atom. The first-order chi connectivity index (χ1) is 13.6. The Hall–Kier alpha value is -3.17. The number of nitrogens with zero attached hydrogens (tertiary/aromatic N) is 5. The minimum absolute atomic E-state index is 0.0460. The first-order valence-corrected chi connectivity index (χ1v) is 9.28. The number of carbonyl (C=O) groups excluding carboxylic acids is 1. The number of rotatable bonds is 5. The zero-order valence-electron chi connectivity index (χ0n) is 15.3. The molecule has 0 aromatic carbocycles. The number of halogens is 1. The highest BCUT2D eigenvalue weighted by Crippen LogP contribution is 2.39. The van der Waals surface area contributed by atoms with Crippen LogP contribution in [0.3, 0.4) is 0 Å². The van der Waals surface area contributed by atoms with Gasteiger partial charge in [0.05, 0.1) is 13.7 Å². The maximum Gasteiger partial charge on any atom is 0.328 e. The van der Waals surface area contributed by atoms with E-state index in [9.17, 15) is 9.18 Å². The zero-order valence-corrected chi connectivity index (χ0v) is 15.3. The number of ether oxygens (including phenoxy) is 1. The molecule has 1 saturated heterocycles. The summed E-state index contributed by atoms with van der Waals surface area (Å²) in [5.74, 6) is 1.49. The van der Waals surface area contributed by atoms with E-state index in [1.54, 1.807) is 9.30 Å². The topological polar surface area (TPSA) is 100 Å². The van der Waals surface area contributed by atoms with Gasteiger partial charge in [0.2, 0.25) is 11.9 Å². The van der Waals surface area contributed by atoms with Crippen LogP contribution in [0.2, 0.25) is 0 Å². The second-order valence-electron chi connectivity index (χ2n) is 7.22. The summed E-state index contributed by atoms with van der Waals surface area (Å²) in [6.07, 6.45) is 3.11. The molecule has 3 aromatic heterocycles. The van der Waals surface area contributed by atoms with Gasteiger partial charge in [-0.15, -0.1) is 0 Å². The van der Waals surface area contributed by atoms with Crippen molar-refractivity contribution >= 4 is 29.3 Å². The molecule has 2 unspecified atom stereocenters. The van der Waals surface area contributed by atoms with E-state index in [2.05, 4.69) is 25.5 Å². The van der Waals surface area contributed by atoms with Crippen LogP contribution in [0.5, 0.6) is 0 Å². The van der Waals surface area contributed by atoms with Crippen molar-refractivity contribution < 1.29 is 13.9 Å². The van der Waals surface area contributed by atoms with E-state index < -0.39 is 18.2 Å². The van der Waals surface area contributed by atoms with Gasteiger partial charge in [-0.1, -0.05) is 0 Å². The number of alkyl halides is 1. The van der Waals surface area contributed by atoms with Crippen molar-refractivity contribution in [3.05, 3.63) is 30.1 Å². The lowest BCUT2D eigenvalue weighted by atomic mass is 10.2. The number of aromatic amines is 1. The Balaban J connectivity index is 1.50. The number of nitrogens with one attached hydrogen (secondary N) is 2. The Labute approximate surface area is 159 Å². The van der Waals surface area contributed by atoms with Gasteiger partial charge in [-0.05, 0) is 25.0 Å². The third kappa shape index (κ3) is 2.94. The second kappa shape index (κ2) is 6.47. The Morgan fingerprint density at radius 1 is 1.39 bits per heavy atom. The van der Waals surface area contributed by atoms with Gasteiger partial charge >= 0.3 is 5.97 Å². The van der Waals surface area contributed by atoms with Gasteiger partial charge in [0.1, 0.15) is 17.9 Å². The van der Waals surface area contributed by atoms with Crippen molar-refractivity contribution in [1.29, 1.82) is 0 Å². The normalized spacial score (nSPS) is 22.0. The number of carbonyl (C=O) groups is 1. The van der Waals surface area contributed by atoms with E-state index >= 15 is 0 Å². The van der Waals surface area contributed by atoms with Crippen LogP contribution in [0.1, 0.15) is 30.9 Å². The molecule has 1 saturated carbocycles. The van der Waals surface area contributed by atoms with Gasteiger partial charge in [0.25, 0.3) is 0 Å².